The van der Waals surface area contributed by atoms with Gasteiger partial charge in [-0.3, -0.25) is 9.59 Å². The maximum atomic E-state index is 13.2. The van der Waals surface area contributed by atoms with Gasteiger partial charge in [-0.2, -0.15) is 4.31 Å². The minimum absolute atomic E-state index is 0.0117. The van der Waals surface area contributed by atoms with Crippen molar-refractivity contribution in [3.63, 3.8) is 0 Å². The minimum Gasteiger partial charge on any atom is -0.352 e. The summed E-state index contributed by atoms with van der Waals surface area (Å²) < 4.78 is 27.9. The van der Waals surface area contributed by atoms with Crippen LogP contribution >= 0.6 is 11.6 Å². The van der Waals surface area contributed by atoms with Crippen LogP contribution in [0.2, 0.25) is 5.02 Å². The topological polar surface area (TPSA) is 86.8 Å². The van der Waals surface area contributed by atoms with E-state index in [1.165, 1.54) is 11.2 Å². The molecule has 2 amide bonds. The Morgan fingerprint density at radius 2 is 1.76 bits per heavy atom. The predicted octanol–water partition coefficient (Wildman–Crippen LogP) is 3.35. The summed E-state index contributed by atoms with van der Waals surface area (Å²) in [5.74, 6) is -0.320. The number of sulfonamides is 1. The second-order valence-electron chi connectivity index (χ2n) is 8.76. The average molecular weight is 490 g/mol. The fourth-order valence-corrected chi connectivity index (χ4v) is 6.34. The molecule has 33 heavy (non-hydrogen) atoms. The molecule has 1 atom stereocenters. The minimum atomic E-state index is -3.66. The summed E-state index contributed by atoms with van der Waals surface area (Å²) in [4.78, 5) is 26.5. The van der Waals surface area contributed by atoms with Gasteiger partial charge in [0.1, 0.15) is 0 Å². The maximum absolute atomic E-state index is 13.2. The Bertz CT molecular complexity index is 1160. The second-order valence-corrected chi connectivity index (χ2v) is 11.1. The van der Waals surface area contributed by atoms with Gasteiger partial charge in [-0.15, -0.1) is 0 Å². The van der Waals surface area contributed by atoms with Gasteiger partial charge < -0.3 is 10.2 Å². The van der Waals surface area contributed by atoms with Crippen molar-refractivity contribution in [2.45, 2.75) is 50.6 Å². The zero-order valence-electron chi connectivity index (χ0n) is 18.8. The molecule has 0 aliphatic carbocycles. The Morgan fingerprint density at radius 3 is 2.39 bits per heavy atom. The normalized spacial score (nSPS) is 19.4. The zero-order chi connectivity index (χ0) is 23.8. The van der Waals surface area contributed by atoms with Crippen LogP contribution in [-0.2, 0) is 32.6 Å². The number of benzene rings is 2. The van der Waals surface area contributed by atoms with Gasteiger partial charge in [0.25, 0.3) is 0 Å². The first-order chi connectivity index (χ1) is 15.7. The third kappa shape index (κ3) is 4.93. The van der Waals surface area contributed by atoms with E-state index in [-0.39, 0.29) is 28.7 Å². The quantitative estimate of drug-likeness (QED) is 0.697. The van der Waals surface area contributed by atoms with Gasteiger partial charge in [0.2, 0.25) is 21.8 Å². The third-order valence-corrected chi connectivity index (χ3v) is 8.59. The molecule has 2 heterocycles. The summed E-state index contributed by atoms with van der Waals surface area (Å²) in [6, 6.07) is 12.3. The number of halogens is 1. The van der Waals surface area contributed by atoms with Gasteiger partial charge in [-0.25, -0.2) is 8.42 Å². The smallest absolute Gasteiger partial charge is 0.243 e. The molecule has 0 aromatic heterocycles. The molecule has 2 aromatic rings. The Balaban J connectivity index is 1.37. The van der Waals surface area contributed by atoms with Crippen LogP contribution in [0.5, 0.6) is 0 Å². The molecule has 4 rings (SSSR count). The number of amides is 2. The molecule has 0 saturated carbocycles. The molecule has 176 valence electrons. The largest absolute Gasteiger partial charge is 0.352 e. The predicted molar refractivity (Wildman–Crippen MR) is 128 cm³/mol. The summed E-state index contributed by atoms with van der Waals surface area (Å²) in [7, 11) is -3.66. The van der Waals surface area contributed by atoms with Crippen molar-refractivity contribution >= 4 is 39.1 Å². The number of fused-ring (bicyclic) bond motifs is 1. The highest BCUT2D eigenvalue weighted by Gasteiger charge is 2.34. The Labute approximate surface area is 199 Å². The number of rotatable bonds is 5. The van der Waals surface area contributed by atoms with Crippen molar-refractivity contribution < 1.29 is 18.0 Å². The maximum Gasteiger partial charge on any atom is 0.243 e. The van der Waals surface area contributed by atoms with Crippen LogP contribution in [0.1, 0.15) is 37.8 Å². The Hall–Kier alpha value is -2.42. The summed E-state index contributed by atoms with van der Waals surface area (Å²) in [5.41, 5.74) is 2.61. The van der Waals surface area contributed by atoms with Crippen LogP contribution in [0, 0.1) is 5.92 Å². The Kier molecular flexibility index (Phi) is 6.79. The fraction of sp³-hybridized carbons (Fsp3) is 0.417. The molecular weight excluding hydrogens is 462 g/mol. The van der Waals surface area contributed by atoms with Crippen LogP contribution in [0.25, 0.3) is 0 Å². The van der Waals surface area contributed by atoms with Gasteiger partial charge >= 0.3 is 0 Å². The lowest BCUT2D eigenvalue weighted by molar-refractivity contribution is -0.126. The van der Waals surface area contributed by atoms with E-state index in [9.17, 15) is 18.0 Å². The molecule has 0 bridgehead atoms. The summed E-state index contributed by atoms with van der Waals surface area (Å²) in [6.07, 6.45) is 1.59. The highest BCUT2D eigenvalue weighted by Crippen LogP contribution is 2.35. The number of hydrogen-bond donors (Lipinski definition) is 1. The lowest BCUT2D eigenvalue weighted by atomic mass is 9.97. The lowest BCUT2D eigenvalue weighted by Crippen LogP contribution is -2.42. The van der Waals surface area contributed by atoms with Crippen LogP contribution in [0.3, 0.4) is 0 Å². The van der Waals surface area contributed by atoms with Crippen molar-refractivity contribution in [2.75, 3.05) is 18.0 Å². The second kappa shape index (κ2) is 9.44. The highest BCUT2D eigenvalue weighted by atomic mass is 35.5. The first-order valence-corrected chi connectivity index (χ1v) is 12.9. The number of hydrogen-bond acceptors (Lipinski definition) is 4. The molecule has 0 unspecified atom stereocenters. The molecule has 7 nitrogen and oxygen atoms in total. The van der Waals surface area contributed by atoms with Crippen LogP contribution in [0.4, 0.5) is 5.69 Å². The van der Waals surface area contributed by atoms with E-state index in [0.717, 1.165) is 16.8 Å². The van der Waals surface area contributed by atoms with E-state index < -0.39 is 10.0 Å². The highest BCUT2D eigenvalue weighted by molar-refractivity contribution is 7.89. The number of carbonyl (C=O) groups excluding carboxylic acids is 2. The molecule has 1 N–H and O–H groups in total. The first-order valence-electron chi connectivity index (χ1n) is 11.1. The van der Waals surface area contributed by atoms with E-state index in [1.807, 2.05) is 19.1 Å². The van der Waals surface area contributed by atoms with Gasteiger partial charge in [0, 0.05) is 49.2 Å². The monoisotopic (exact) mass is 489 g/mol. The molecule has 1 fully saturated rings. The van der Waals surface area contributed by atoms with Crippen LogP contribution in [0.15, 0.2) is 47.4 Å². The zero-order valence-corrected chi connectivity index (χ0v) is 20.3. The average Bonchev–Trinajstić information content (AvgIpc) is 3.13. The van der Waals surface area contributed by atoms with E-state index in [1.54, 1.807) is 35.2 Å². The summed E-state index contributed by atoms with van der Waals surface area (Å²) >= 11 is 5.89. The fourth-order valence-electron chi connectivity index (χ4n) is 4.69. The van der Waals surface area contributed by atoms with Crippen LogP contribution in [-0.4, -0.2) is 43.7 Å². The van der Waals surface area contributed by atoms with Gasteiger partial charge in [0.15, 0.2) is 0 Å². The van der Waals surface area contributed by atoms with Gasteiger partial charge in [0.05, 0.1) is 4.90 Å². The Morgan fingerprint density at radius 1 is 1.09 bits per heavy atom. The summed E-state index contributed by atoms with van der Waals surface area (Å²) in [6.45, 7) is 4.49. The van der Waals surface area contributed by atoms with Crippen molar-refractivity contribution in [2.24, 2.45) is 5.92 Å². The molecule has 2 aliphatic rings. The van der Waals surface area contributed by atoms with Crippen molar-refractivity contribution in [3.8, 4) is 0 Å². The molecule has 1 saturated heterocycles. The number of nitrogens with zero attached hydrogens (tertiary/aromatic N) is 2. The molecule has 2 aromatic carbocycles. The molecule has 9 heteroatoms. The number of piperidine rings is 1. The van der Waals surface area contributed by atoms with Gasteiger partial charge in [-0.05, 0) is 67.6 Å². The molecule has 0 spiro atoms. The standard InChI is InChI=1S/C24H28ClN3O4S/c1-16-13-20-14-22(7-8-23(20)28(16)17(2)29)33(31,32)27-11-9-19(10-12-27)24(30)26-15-18-3-5-21(25)6-4-18/h3-8,14,16,19H,9-13,15H2,1-2H3,(H,26,30)/t16-/m0/s1. The number of anilines is 1. The third-order valence-electron chi connectivity index (χ3n) is 6.45. The van der Waals surface area contributed by atoms with Crippen molar-refractivity contribution in [1.82, 2.24) is 9.62 Å². The lowest BCUT2D eigenvalue weighted by Gasteiger charge is -2.30. The molecule has 2 aliphatic heterocycles. The van der Waals surface area contributed by atoms with Crippen molar-refractivity contribution in [3.05, 3.63) is 58.6 Å². The van der Waals surface area contributed by atoms with E-state index in [2.05, 4.69) is 5.32 Å². The van der Waals surface area contributed by atoms with E-state index in [0.29, 0.717) is 43.9 Å². The molecule has 0 radical (unpaired) electrons. The van der Waals surface area contributed by atoms with Crippen molar-refractivity contribution in [1.29, 1.82) is 0 Å². The van der Waals surface area contributed by atoms with Crippen LogP contribution < -0.4 is 10.2 Å². The molecular formula is C24H28ClN3O4S. The van der Waals surface area contributed by atoms with E-state index >= 15 is 0 Å². The number of nitrogens with one attached hydrogen (secondary N) is 1. The van der Waals surface area contributed by atoms with Gasteiger partial charge in [-0.1, -0.05) is 23.7 Å². The summed E-state index contributed by atoms with van der Waals surface area (Å²) in [5, 5.41) is 3.58. The number of carbonyl (C=O) groups is 2. The van der Waals surface area contributed by atoms with E-state index in [4.69, 9.17) is 11.6 Å². The first kappa shape index (κ1) is 23.7. The SMILES string of the molecule is CC(=O)N1c2ccc(S(=O)(=O)N3CCC(C(=O)NCc4ccc(Cl)cc4)CC3)cc2C[C@@H]1C.